The first kappa shape index (κ1) is 16.7. The summed E-state index contributed by atoms with van der Waals surface area (Å²) in [6.45, 7) is 8.36. The highest BCUT2D eigenvalue weighted by molar-refractivity contribution is 5.80. The van der Waals surface area contributed by atoms with Crippen LogP contribution in [0.5, 0.6) is 0 Å². The molecule has 0 spiro atoms. The predicted molar refractivity (Wildman–Crippen MR) is 94.9 cm³/mol. The number of amides is 1. The van der Waals surface area contributed by atoms with Gasteiger partial charge in [-0.1, -0.05) is 26.0 Å². The minimum Gasteiger partial charge on any atom is -0.342 e. The van der Waals surface area contributed by atoms with Crippen molar-refractivity contribution in [3.8, 4) is 0 Å². The summed E-state index contributed by atoms with van der Waals surface area (Å²) >= 11 is 0. The largest absolute Gasteiger partial charge is 0.342 e. The number of likely N-dealkylation sites (tertiary alicyclic amines) is 1. The number of fused-ring (bicyclic) bond motifs is 1. The zero-order valence-electron chi connectivity index (χ0n) is 14.7. The third-order valence-electron chi connectivity index (χ3n) is 4.84. The normalized spacial score (nSPS) is 21.2. The van der Waals surface area contributed by atoms with Gasteiger partial charge >= 0.3 is 0 Å². The maximum absolute atomic E-state index is 12.6. The molecule has 1 aromatic carbocycles. The van der Waals surface area contributed by atoms with E-state index in [4.69, 9.17) is 0 Å². The quantitative estimate of drug-likeness (QED) is 0.871. The van der Waals surface area contributed by atoms with E-state index in [9.17, 15) is 9.59 Å². The second-order valence-corrected chi connectivity index (χ2v) is 7.21. The molecule has 2 unspecified atom stereocenters. The number of carbonyl (C=O) groups is 1. The van der Waals surface area contributed by atoms with Crippen LogP contribution in [-0.2, 0) is 11.3 Å². The van der Waals surface area contributed by atoms with Gasteiger partial charge in [-0.3, -0.25) is 14.2 Å². The average Bonchev–Trinajstić information content (AvgIpc) is 2.54. The van der Waals surface area contributed by atoms with Gasteiger partial charge in [0.25, 0.3) is 5.56 Å². The number of carbonyl (C=O) groups excluding carboxylic acids is 1. The predicted octanol–water partition coefficient (Wildman–Crippen LogP) is 2.60. The minimum absolute atomic E-state index is 0.0723. The van der Waals surface area contributed by atoms with Crippen molar-refractivity contribution < 1.29 is 4.79 Å². The number of nitrogens with zero attached hydrogens (tertiary/aromatic N) is 3. The lowest BCUT2D eigenvalue weighted by Gasteiger charge is -2.35. The van der Waals surface area contributed by atoms with E-state index in [1.54, 1.807) is 17.0 Å². The molecule has 0 aliphatic carbocycles. The summed E-state index contributed by atoms with van der Waals surface area (Å²) in [5.74, 6) is 1.22. The standard InChI is InChI=1S/C19H25N3O2/c1-13-9-14(2)11-22(10-13)17(23)7-8-21-12-20-18-15(3)5-4-6-16(18)19(21)24/h4-6,12-14H,7-11H2,1-3H3. The monoisotopic (exact) mass is 327 g/mol. The Morgan fingerprint density at radius 2 is 1.96 bits per heavy atom. The van der Waals surface area contributed by atoms with Crippen LogP contribution < -0.4 is 5.56 Å². The fourth-order valence-electron chi connectivity index (χ4n) is 3.74. The van der Waals surface area contributed by atoms with Crippen molar-refractivity contribution in [1.82, 2.24) is 14.5 Å². The van der Waals surface area contributed by atoms with Crippen molar-refractivity contribution in [3.05, 3.63) is 40.4 Å². The fourth-order valence-corrected chi connectivity index (χ4v) is 3.74. The molecule has 2 heterocycles. The zero-order chi connectivity index (χ0) is 17.3. The Kier molecular flexibility index (Phi) is 4.69. The molecule has 3 rings (SSSR count). The second kappa shape index (κ2) is 6.75. The van der Waals surface area contributed by atoms with E-state index in [-0.39, 0.29) is 11.5 Å². The first-order valence-electron chi connectivity index (χ1n) is 8.68. The topological polar surface area (TPSA) is 55.2 Å². The number of benzene rings is 1. The highest BCUT2D eigenvalue weighted by Gasteiger charge is 2.25. The van der Waals surface area contributed by atoms with Gasteiger partial charge in [-0.15, -0.1) is 0 Å². The van der Waals surface area contributed by atoms with E-state index < -0.39 is 0 Å². The summed E-state index contributed by atoms with van der Waals surface area (Å²) in [4.78, 5) is 31.4. The van der Waals surface area contributed by atoms with Gasteiger partial charge in [0.2, 0.25) is 5.91 Å². The van der Waals surface area contributed by atoms with Crippen molar-refractivity contribution in [3.63, 3.8) is 0 Å². The number of aromatic nitrogens is 2. The van der Waals surface area contributed by atoms with E-state index >= 15 is 0 Å². The number of aryl methyl sites for hydroxylation is 2. The molecule has 2 aromatic rings. The van der Waals surface area contributed by atoms with Crippen LogP contribution in [0.25, 0.3) is 10.9 Å². The molecule has 2 atom stereocenters. The van der Waals surface area contributed by atoms with Gasteiger partial charge in [0.15, 0.2) is 0 Å². The summed E-state index contributed by atoms with van der Waals surface area (Å²) in [6.07, 6.45) is 3.09. The van der Waals surface area contributed by atoms with Crippen molar-refractivity contribution >= 4 is 16.8 Å². The molecule has 5 heteroatoms. The maximum atomic E-state index is 12.6. The lowest BCUT2D eigenvalue weighted by molar-refractivity contribution is -0.134. The minimum atomic E-state index is -0.0723. The lowest BCUT2D eigenvalue weighted by Crippen LogP contribution is -2.43. The van der Waals surface area contributed by atoms with Crippen LogP contribution in [0, 0.1) is 18.8 Å². The molecular formula is C19H25N3O2. The number of piperidine rings is 1. The molecule has 1 fully saturated rings. The molecule has 1 amide bonds. The van der Waals surface area contributed by atoms with Gasteiger partial charge in [0.1, 0.15) is 0 Å². The zero-order valence-corrected chi connectivity index (χ0v) is 14.7. The van der Waals surface area contributed by atoms with E-state index in [1.807, 2.05) is 24.0 Å². The summed E-state index contributed by atoms with van der Waals surface area (Å²) in [5.41, 5.74) is 1.66. The Morgan fingerprint density at radius 3 is 2.67 bits per heavy atom. The number of hydrogen-bond donors (Lipinski definition) is 0. The van der Waals surface area contributed by atoms with E-state index in [0.29, 0.717) is 30.2 Å². The third-order valence-corrected chi connectivity index (χ3v) is 4.84. The van der Waals surface area contributed by atoms with Gasteiger partial charge in [0.05, 0.1) is 17.2 Å². The van der Waals surface area contributed by atoms with Crippen LogP contribution in [0.4, 0.5) is 0 Å². The smallest absolute Gasteiger partial charge is 0.261 e. The van der Waals surface area contributed by atoms with E-state index in [0.717, 1.165) is 24.2 Å². The van der Waals surface area contributed by atoms with Gasteiger partial charge in [-0.25, -0.2) is 4.98 Å². The highest BCUT2D eigenvalue weighted by atomic mass is 16.2. The van der Waals surface area contributed by atoms with Crippen LogP contribution in [0.1, 0.15) is 32.3 Å². The molecule has 0 saturated carbocycles. The average molecular weight is 327 g/mol. The first-order chi connectivity index (χ1) is 11.5. The first-order valence-corrected chi connectivity index (χ1v) is 8.68. The van der Waals surface area contributed by atoms with E-state index in [2.05, 4.69) is 18.8 Å². The second-order valence-electron chi connectivity index (χ2n) is 7.21. The summed E-state index contributed by atoms with van der Waals surface area (Å²) in [7, 11) is 0. The van der Waals surface area contributed by atoms with Crippen LogP contribution in [0.2, 0.25) is 0 Å². The Labute approximate surface area is 142 Å². The Morgan fingerprint density at radius 1 is 1.25 bits per heavy atom. The summed E-state index contributed by atoms with van der Waals surface area (Å²) in [6, 6.07) is 5.61. The number of rotatable bonds is 3. The fraction of sp³-hybridized carbons (Fsp3) is 0.526. The molecule has 1 aliphatic heterocycles. The molecule has 0 radical (unpaired) electrons. The van der Waals surface area contributed by atoms with Crippen LogP contribution in [0.3, 0.4) is 0 Å². The van der Waals surface area contributed by atoms with Gasteiger partial charge in [-0.05, 0) is 36.8 Å². The summed E-state index contributed by atoms with van der Waals surface area (Å²) < 4.78 is 1.55. The molecule has 0 bridgehead atoms. The van der Waals surface area contributed by atoms with Gasteiger partial charge in [0, 0.05) is 26.1 Å². The molecule has 5 nitrogen and oxygen atoms in total. The molecule has 24 heavy (non-hydrogen) atoms. The van der Waals surface area contributed by atoms with Gasteiger partial charge < -0.3 is 4.90 Å². The van der Waals surface area contributed by atoms with Crippen molar-refractivity contribution in [2.75, 3.05) is 13.1 Å². The van der Waals surface area contributed by atoms with Crippen molar-refractivity contribution in [1.29, 1.82) is 0 Å². The lowest BCUT2D eigenvalue weighted by atomic mass is 9.92. The van der Waals surface area contributed by atoms with Crippen molar-refractivity contribution in [2.24, 2.45) is 11.8 Å². The van der Waals surface area contributed by atoms with E-state index in [1.165, 1.54) is 6.42 Å². The highest BCUT2D eigenvalue weighted by Crippen LogP contribution is 2.21. The molecule has 1 saturated heterocycles. The molecule has 128 valence electrons. The third kappa shape index (κ3) is 3.35. The van der Waals surface area contributed by atoms with Crippen LogP contribution >= 0.6 is 0 Å². The number of para-hydroxylation sites is 1. The molecule has 0 N–H and O–H groups in total. The number of hydrogen-bond acceptors (Lipinski definition) is 3. The summed E-state index contributed by atoms with van der Waals surface area (Å²) in [5, 5.41) is 0.616. The molecular weight excluding hydrogens is 302 g/mol. The van der Waals surface area contributed by atoms with Crippen LogP contribution in [-0.4, -0.2) is 33.4 Å². The Balaban J connectivity index is 1.73. The molecule has 1 aromatic heterocycles. The Bertz CT molecular complexity index is 802. The maximum Gasteiger partial charge on any atom is 0.261 e. The van der Waals surface area contributed by atoms with Crippen LogP contribution in [0.15, 0.2) is 29.3 Å². The Hall–Kier alpha value is -2.17. The molecule has 1 aliphatic rings. The SMILES string of the molecule is Cc1cccc2c(=O)n(CCC(=O)N3CC(C)CC(C)C3)cnc12. The van der Waals surface area contributed by atoms with Crippen molar-refractivity contribution in [2.45, 2.75) is 40.2 Å². The van der Waals surface area contributed by atoms with Gasteiger partial charge in [-0.2, -0.15) is 0 Å².